The number of halogens is 2. The van der Waals surface area contributed by atoms with Crippen LogP contribution in [0.3, 0.4) is 0 Å². The van der Waals surface area contributed by atoms with Crippen LogP contribution in [0.4, 0.5) is 0 Å². The van der Waals surface area contributed by atoms with Crippen molar-refractivity contribution in [3.8, 4) is 0 Å². The van der Waals surface area contributed by atoms with Crippen molar-refractivity contribution in [3.05, 3.63) is 44.5 Å². The third-order valence-corrected chi connectivity index (χ3v) is 14.4. The van der Waals surface area contributed by atoms with Gasteiger partial charge in [0.1, 0.15) is 0 Å². The van der Waals surface area contributed by atoms with Crippen molar-refractivity contribution in [3.63, 3.8) is 0 Å². The van der Waals surface area contributed by atoms with Crippen LogP contribution in [-0.4, -0.2) is 18.2 Å². The van der Waals surface area contributed by atoms with Gasteiger partial charge in [0.2, 0.25) is 0 Å². The number of hydrogen-bond donors (Lipinski definition) is 0. The molecule has 1 atom stereocenters. The summed E-state index contributed by atoms with van der Waals surface area (Å²) in [6, 6.07) is 0. The van der Waals surface area contributed by atoms with Crippen LogP contribution in [0.25, 0.3) is 0 Å². The summed E-state index contributed by atoms with van der Waals surface area (Å²) in [5.41, 5.74) is 3.35. The molecule has 5 heteroatoms. The van der Waals surface area contributed by atoms with Crippen LogP contribution in [0.2, 0.25) is 13.1 Å². The summed E-state index contributed by atoms with van der Waals surface area (Å²) in [6.07, 6.45) is 13.5. The van der Waals surface area contributed by atoms with Crippen LogP contribution in [-0.2, 0) is 20.4 Å². The fourth-order valence-corrected chi connectivity index (χ4v) is 12.8. The fourth-order valence-electron chi connectivity index (χ4n) is 4.13. The summed E-state index contributed by atoms with van der Waals surface area (Å²) in [5, 5.41) is 1.70. The summed E-state index contributed by atoms with van der Waals surface area (Å²) >= 11 is 4.61. The first-order chi connectivity index (χ1) is 11.1. The first-order valence-corrected chi connectivity index (χ1v) is 14.0. The second-order valence-electron chi connectivity index (χ2n) is 8.76. The van der Waals surface area contributed by atoms with Gasteiger partial charge in [0.15, 0.2) is 0 Å². The SMILES string of the molecule is CCCSC1([Si](C)(C)C2=[C]([Ti+2])CC=C2)CC=C(C)C=C1C(C)(C)C.[Cl-].[Cl-]. The van der Waals surface area contributed by atoms with Crippen LogP contribution in [0, 0.1) is 5.41 Å². The van der Waals surface area contributed by atoms with Gasteiger partial charge in [0.25, 0.3) is 0 Å². The molecule has 0 saturated heterocycles. The Morgan fingerprint density at radius 2 is 1.85 bits per heavy atom. The number of allylic oxidation sites excluding steroid dienone is 7. The molecular weight excluding hydrogens is 431 g/mol. The normalized spacial score (nSPS) is 23.3. The van der Waals surface area contributed by atoms with Crippen molar-refractivity contribution < 1.29 is 45.2 Å². The van der Waals surface area contributed by atoms with Crippen molar-refractivity contribution in [2.45, 2.75) is 71.3 Å². The smallest absolute Gasteiger partial charge is 1.00 e. The summed E-state index contributed by atoms with van der Waals surface area (Å²) in [4.78, 5) is 0. The average molecular weight is 464 g/mol. The molecule has 0 spiro atoms. The zero-order valence-corrected chi connectivity index (χ0v) is 22.2. The van der Waals surface area contributed by atoms with E-state index in [1.165, 1.54) is 24.2 Å². The molecule has 1 unspecified atom stereocenters. The van der Waals surface area contributed by atoms with E-state index in [0.717, 1.165) is 6.42 Å². The molecule has 0 aromatic heterocycles. The average Bonchev–Trinajstić information content (AvgIpc) is 2.92. The van der Waals surface area contributed by atoms with E-state index in [1.807, 2.05) is 0 Å². The van der Waals surface area contributed by atoms with Gasteiger partial charge in [-0.25, -0.2) is 0 Å². The topological polar surface area (TPSA) is 0 Å². The molecule has 2 aliphatic carbocycles. The van der Waals surface area contributed by atoms with E-state index in [-0.39, 0.29) is 34.6 Å². The van der Waals surface area contributed by atoms with E-state index in [1.54, 1.807) is 14.6 Å². The molecule has 0 aromatic carbocycles. The van der Waals surface area contributed by atoms with Gasteiger partial charge >= 0.3 is 167 Å². The molecule has 0 heterocycles. The van der Waals surface area contributed by atoms with Gasteiger partial charge in [0, 0.05) is 0 Å². The summed E-state index contributed by atoms with van der Waals surface area (Å²) < 4.78 is 1.90. The van der Waals surface area contributed by atoms with Gasteiger partial charge in [-0.1, -0.05) is 0 Å². The Hall–Kier alpha value is 0.821. The molecule has 0 radical (unpaired) electrons. The summed E-state index contributed by atoms with van der Waals surface area (Å²) in [6.45, 7) is 17.1. The van der Waals surface area contributed by atoms with E-state index in [2.05, 4.69) is 104 Å². The van der Waals surface area contributed by atoms with E-state index < -0.39 is 8.07 Å². The van der Waals surface area contributed by atoms with E-state index >= 15 is 0 Å². The molecule has 0 bridgehead atoms. The van der Waals surface area contributed by atoms with Crippen molar-refractivity contribution >= 4 is 19.8 Å². The van der Waals surface area contributed by atoms with Crippen molar-refractivity contribution in [2.24, 2.45) is 5.41 Å². The standard InChI is InChI=1S/C21H33SSi.2ClH.Ti/c1-8-15-22-21(23(6,7)18-11-9-10-12-18)14-13-17(2)16-19(21)20(3,4)5;;;/h9,11,13,16H,8,10,14-15H2,1-7H3;2*1H;/q;;;+2/p-2. The van der Waals surface area contributed by atoms with Crippen molar-refractivity contribution in [1.82, 2.24) is 0 Å². The molecule has 0 aliphatic heterocycles. The summed E-state index contributed by atoms with van der Waals surface area (Å²) in [5.74, 6) is 1.26. The molecule has 2 rings (SSSR count). The molecule has 26 heavy (non-hydrogen) atoms. The molecule has 0 fully saturated rings. The largest absolute Gasteiger partial charge is 1.00 e. The minimum absolute atomic E-state index is 0. The number of thioether (sulfide) groups is 1. The Labute approximate surface area is 191 Å². The van der Waals surface area contributed by atoms with Gasteiger partial charge in [-0.2, -0.15) is 0 Å². The Bertz CT molecular complexity index is 626. The van der Waals surface area contributed by atoms with Gasteiger partial charge in [-0.3, -0.25) is 0 Å². The second kappa shape index (κ2) is 10.0. The minimum atomic E-state index is -1.68. The summed E-state index contributed by atoms with van der Waals surface area (Å²) in [7, 11) is -1.68. The van der Waals surface area contributed by atoms with Crippen LogP contribution in [0.5, 0.6) is 0 Å². The zero-order valence-electron chi connectivity index (χ0n) is 17.3. The molecule has 2 aliphatic rings. The number of hydrogen-bond acceptors (Lipinski definition) is 1. The predicted octanol–water partition coefficient (Wildman–Crippen LogP) is 0.747. The fraction of sp³-hybridized carbons (Fsp3) is 0.619. The molecule has 0 aromatic rings. The minimum Gasteiger partial charge on any atom is -1.00 e. The Morgan fingerprint density at radius 3 is 2.31 bits per heavy atom. The molecule has 0 amide bonds. The predicted molar refractivity (Wildman–Crippen MR) is 110 cm³/mol. The first-order valence-electron chi connectivity index (χ1n) is 9.21. The van der Waals surface area contributed by atoms with Crippen molar-refractivity contribution in [2.75, 3.05) is 5.75 Å². The Kier molecular flexibility index (Phi) is 10.3. The van der Waals surface area contributed by atoms with E-state index in [9.17, 15) is 0 Å². The first kappa shape index (κ1) is 26.8. The second-order valence-corrected chi connectivity index (χ2v) is 16.1. The molecule has 145 valence electrons. The zero-order chi connectivity index (χ0) is 18.2. The quantitative estimate of drug-likeness (QED) is 0.542. The third kappa shape index (κ3) is 5.05. The van der Waals surface area contributed by atoms with Gasteiger partial charge in [-0.15, -0.1) is 0 Å². The monoisotopic (exact) mass is 463 g/mol. The Morgan fingerprint density at radius 1 is 1.23 bits per heavy atom. The van der Waals surface area contributed by atoms with Crippen LogP contribution < -0.4 is 24.8 Å². The van der Waals surface area contributed by atoms with Crippen LogP contribution in [0.1, 0.15) is 53.9 Å². The van der Waals surface area contributed by atoms with Crippen LogP contribution >= 0.6 is 11.8 Å². The maximum absolute atomic E-state index is 2.62. The van der Waals surface area contributed by atoms with E-state index in [4.69, 9.17) is 0 Å². The molecular formula is C21H33Cl2SSiTi. The van der Waals surface area contributed by atoms with Gasteiger partial charge < -0.3 is 24.8 Å². The molecule has 0 N–H and O–H groups in total. The maximum Gasteiger partial charge on any atom is -1.00 e. The third-order valence-electron chi connectivity index (χ3n) is 5.49. The van der Waals surface area contributed by atoms with Gasteiger partial charge in [0.05, 0.1) is 0 Å². The molecule has 0 saturated carbocycles. The molecule has 0 nitrogen and oxygen atoms in total. The van der Waals surface area contributed by atoms with Gasteiger partial charge in [-0.05, 0) is 0 Å². The van der Waals surface area contributed by atoms with Crippen LogP contribution in [0.15, 0.2) is 44.5 Å². The Balaban J connectivity index is 0.00000312. The maximum atomic E-state index is 2.62. The van der Waals surface area contributed by atoms with E-state index in [0.29, 0.717) is 0 Å². The van der Waals surface area contributed by atoms with Crippen molar-refractivity contribution in [1.29, 1.82) is 0 Å². The number of rotatable bonds is 5.